The van der Waals surface area contributed by atoms with E-state index in [1.54, 1.807) is 24.3 Å². The van der Waals surface area contributed by atoms with Crippen molar-refractivity contribution in [1.82, 2.24) is 9.47 Å². The van der Waals surface area contributed by atoms with E-state index < -0.39 is 0 Å². The second kappa shape index (κ2) is 7.76. The SMILES string of the molecule is O=C(COc1cc2oc(=O)c3c(c2cc1Cl)CCC3)N1C[C@H]2C[C@@H](C1)c1cccc(=O)n1C2. The van der Waals surface area contributed by atoms with Crippen LogP contribution in [0.5, 0.6) is 5.75 Å². The van der Waals surface area contributed by atoms with E-state index in [0.717, 1.165) is 47.9 Å². The summed E-state index contributed by atoms with van der Waals surface area (Å²) in [5, 5.41) is 1.23. The highest BCUT2D eigenvalue weighted by Gasteiger charge is 2.36. The molecule has 2 aromatic heterocycles. The van der Waals surface area contributed by atoms with Crippen LogP contribution in [0.4, 0.5) is 0 Å². The van der Waals surface area contributed by atoms with Crippen molar-refractivity contribution in [3.8, 4) is 5.75 Å². The fourth-order valence-corrected chi connectivity index (χ4v) is 5.94. The van der Waals surface area contributed by atoms with Crippen molar-refractivity contribution in [3.63, 3.8) is 0 Å². The zero-order valence-corrected chi connectivity index (χ0v) is 18.8. The lowest BCUT2D eigenvalue weighted by Gasteiger charge is -2.42. The summed E-state index contributed by atoms with van der Waals surface area (Å²) < 4.78 is 13.1. The van der Waals surface area contributed by atoms with Gasteiger partial charge in [-0.2, -0.15) is 0 Å². The van der Waals surface area contributed by atoms with Crippen LogP contribution in [0.25, 0.3) is 11.0 Å². The third-order valence-corrected chi connectivity index (χ3v) is 7.51. The molecule has 1 amide bonds. The molecule has 3 aromatic rings. The molecule has 2 bridgehead atoms. The van der Waals surface area contributed by atoms with E-state index in [4.69, 9.17) is 20.8 Å². The number of fused-ring (bicyclic) bond motifs is 7. The molecular formula is C25H23ClN2O5. The Balaban J connectivity index is 1.20. The number of halogens is 1. The molecule has 0 spiro atoms. The summed E-state index contributed by atoms with van der Waals surface area (Å²) >= 11 is 6.46. The number of aryl methyl sites for hydroxylation is 1. The van der Waals surface area contributed by atoms with Crippen molar-refractivity contribution < 1.29 is 13.9 Å². The first-order chi connectivity index (χ1) is 16.0. The van der Waals surface area contributed by atoms with Crippen molar-refractivity contribution >= 4 is 28.5 Å². The molecule has 0 N–H and O–H groups in total. The fraction of sp³-hybridized carbons (Fsp3) is 0.400. The van der Waals surface area contributed by atoms with E-state index in [2.05, 4.69) is 0 Å². The first-order valence-corrected chi connectivity index (χ1v) is 11.7. The summed E-state index contributed by atoms with van der Waals surface area (Å²) in [6.45, 7) is 1.65. The summed E-state index contributed by atoms with van der Waals surface area (Å²) in [5.41, 5.74) is 2.89. The van der Waals surface area contributed by atoms with E-state index in [0.29, 0.717) is 36.0 Å². The number of aromatic nitrogens is 1. The summed E-state index contributed by atoms with van der Waals surface area (Å²) in [4.78, 5) is 39.3. The number of hydrogen-bond acceptors (Lipinski definition) is 5. The number of likely N-dealkylation sites (tertiary alicyclic amines) is 1. The number of nitrogens with zero attached hydrogens (tertiary/aromatic N) is 2. The Hall–Kier alpha value is -3.06. The van der Waals surface area contributed by atoms with E-state index in [9.17, 15) is 14.4 Å². The molecule has 1 fully saturated rings. The number of carbonyl (C=O) groups excluding carboxylic acids is 1. The maximum Gasteiger partial charge on any atom is 0.339 e. The normalized spacial score (nSPS) is 21.1. The number of pyridine rings is 1. The van der Waals surface area contributed by atoms with Gasteiger partial charge in [-0.1, -0.05) is 17.7 Å². The Kier molecular flexibility index (Phi) is 4.83. The molecule has 33 heavy (non-hydrogen) atoms. The number of ether oxygens (including phenoxy) is 1. The van der Waals surface area contributed by atoms with E-state index in [1.165, 1.54) is 0 Å². The average molecular weight is 467 g/mol. The maximum atomic E-state index is 13.0. The topological polar surface area (TPSA) is 81.8 Å². The minimum absolute atomic E-state index is 0.0218. The van der Waals surface area contributed by atoms with Gasteiger partial charge in [-0.25, -0.2) is 4.79 Å². The average Bonchev–Trinajstić information content (AvgIpc) is 3.30. The largest absolute Gasteiger partial charge is 0.482 e. The molecule has 170 valence electrons. The van der Waals surface area contributed by atoms with Crippen molar-refractivity contribution in [1.29, 1.82) is 0 Å². The quantitative estimate of drug-likeness (QED) is 0.554. The summed E-state index contributed by atoms with van der Waals surface area (Å²) in [6, 6.07) is 8.73. The number of benzene rings is 1. The molecule has 6 rings (SSSR count). The Morgan fingerprint density at radius 2 is 1.97 bits per heavy atom. The molecule has 1 aliphatic carbocycles. The van der Waals surface area contributed by atoms with Gasteiger partial charge < -0.3 is 18.6 Å². The third kappa shape index (κ3) is 3.46. The van der Waals surface area contributed by atoms with Crippen LogP contribution in [0.1, 0.15) is 35.6 Å². The first-order valence-electron chi connectivity index (χ1n) is 11.4. The third-order valence-electron chi connectivity index (χ3n) is 7.21. The molecule has 1 aromatic carbocycles. The molecule has 2 aliphatic heterocycles. The summed E-state index contributed by atoms with van der Waals surface area (Å²) in [5.74, 6) is 0.604. The Morgan fingerprint density at radius 3 is 2.85 bits per heavy atom. The number of hydrogen-bond donors (Lipinski definition) is 0. The summed E-state index contributed by atoms with van der Waals surface area (Å²) in [7, 11) is 0. The van der Waals surface area contributed by atoms with Crippen LogP contribution in [0, 0.1) is 5.92 Å². The lowest BCUT2D eigenvalue weighted by atomic mass is 9.83. The molecule has 2 atom stereocenters. The molecular weight excluding hydrogens is 444 g/mol. The van der Waals surface area contributed by atoms with Crippen LogP contribution in [0.2, 0.25) is 5.02 Å². The zero-order valence-electron chi connectivity index (χ0n) is 18.0. The fourth-order valence-electron chi connectivity index (χ4n) is 5.72. The number of carbonyl (C=O) groups is 1. The van der Waals surface area contributed by atoms with Gasteiger partial charge in [-0.15, -0.1) is 0 Å². The lowest BCUT2D eigenvalue weighted by molar-refractivity contribution is -0.136. The minimum atomic E-state index is -0.307. The van der Waals surface area contributed by atoms with Gasteiger partial charge in [0.2, 0.25) is 0 Å². The second-order valence-electron chi connectivity index (χ2n) is 9.26. The van der Waals surface area contributed by atoms with Gasteiger partial charge in [0.25, 0.3) is 11.5 Å². The molecule has 8 heteroatoms. The molecule has 3 aliphatic rings. The Labute approximate surface area is 194 Å². The van der Waals surface area contributed by atoms with Crippen LogP contribution in [0.3, 0.4) is 0 Å². The maximum absolute atomic E-state index is 13.0. The number of rotatable bonds is 3. The van der Waals surface area contributed by atoms with Crippen LogP contribution in [-0.4, -0.2) is 35.1 Å². The lowest BCUT2D eigenvalue weighted by Crippen LogP contribution is -2.50. The van der Waals surface area contributed by atoms with Crippen molar-refractivity contribution in [2.75, 3.05) is 19.7 Å². The highest BCUT2D eigenvalue weighted by atomic mass is 35.5. The van der Waals surface area contributed by atoms with E-state index in [1.807, 2.05) is 15.5 Å². The van der Waals surface area contributed by atoms with Crippen molar-refractivity contribution in [2.24, 2.45) is 5.92 Å². The molecule has 1 saturated heterocycles. The minimum Gasteiger partial charge on any atom is -0.482 e. The van der Waals surface area contributed by atoms with Crippen LogP contribution >= 0.6 is 11.6 Å². The van der Waals surface area contributed by atoms with Gasteiger partial charge in [0.05, 0.1) is 5.02 Å². The Morgan fingerprint density at radius 1 is 1.12 bits per heavy atom. The molecule has 0 unspecified atom stereocenters. The van der Waals surface area contributed by atoms with Gasteiger partial charge in [-0.05, 0) is 49.3 Å². The molecule has 4 heterocycles. The van der Waals surface area contributed by atoms with Crippen LogP contribution < -0.4 is 15.9 Å². The number of piperidine rings is 1. The standard InChI is InChI=1S/C25H23ClN2O5/c26-19-8-18-16-3-1-4-17(16)25(31)33-21(18)9-22(19)32-13-24(30)27-10-14-7-15(12-27)20-5-2-6-23(29)28(20)11-14/h2,5-6,8-9,14-15H,1,3-4,7,10-13H2/t14-,15+/m1/s1. The van der Waals surface area contributed by atoms with Crippen molar-refractivity contribution in [2.45, 2.75) is 38.1 Å². The zero-order chi connectivity index (χ0) is 22.7. The number of amides is 1. The highest BCUT2D eigenvalue weighted by Crippen LogP contribution is 2.36. The monoisotopic (exact) mass is 466 g/mol. The molecule has 0 saturated carbocycles. The molecule has 0 radical (unpaired) electrons. The van der Waals surface area contributed by atoms with Crippen molar-refractivity contribution in [3.05, 3.63) is 72.9 Å². The van der Waals surface area contributed by atoms with Gasteiger partial charge in [0.15, 0.2) is 6.61 Å². The smallest absolute Gasteiger partial charge is 0.339 e. The first kappa shape index (κ1) is 20.5. The predicted molar refractivity (Wildman–Crippen MR) is 123 cm³/mol. The van der Waals surface area contributed by atoms with E-state index >= 15 is 0 Å². The Bertz CT molecular complexity index is 1410. The predicted octanol–water partition coefficient (Wildman–Crippen LogP) is 3.12. The van der Waals surface area contributed by atoms with Gasteiger partial charge >= 0.3 is 5.63 Å². The summed E-state index contributed by atoms with van der Waals surface area (Å²) in [6.07, 6.45) is 3.47. The van der Waals surface area contributed by atoms with Gasteiger partial charge in [0, 0.05) is 54.3 Å². The highest BCUT2D eigenvalue weighted by molar-refractivity contribution is 6.32. The van der Waals surface area contributed by atoms with Crippen LogP contribution in [0.15, 0.2) is 44.3 Å². The van der Waals surface area contributed by atoms with Gasteiger partial charge in [-0.3, -0.25) is 9.59 Å². The van der Waals surface area contributed by atoms with Crippen LogP contribution in [-0.2, 0) is 24.2 Å². The van der Waals surface area contributed by atoms with Gasteiger partial charge in [0.1, 0.15) is 11.3 Å². The molecule has 7 nitrogen and oxygen atoms in total. The van der Waals surface area contributed by atoms with E-state index in [-0.39, 0.29) is 35.5 Å². The second-order valence-corrected chi connectivity index (χ2v) is 9.67.